The summed E-state index contributed by atoms with van der Waals surface area (Å²) in [5, 5.41) is 3.53. The van der Waals surface area contributed by atoms with E-state index in [2.05, 4.69) is 37.9 Å². The molecule has 3 unspecified atom stereocenters. The third kappa shape index (κ3) is 3.25. The van der Waals surface area contributed by atoms with Crippen LogP contribution >= 0.6 is 0 Å². The van der Waals surface area contributed by atoms with Gasteiger partial charge in [-0.1, -0.05) is 19.8 Å². The molecular weight excluding hydrogens is 172 g/mol. The summed E-state index contributed by atoms with van der Waals surface area (Å²) < 4.78 is 0. The second-order valence-electron chi connectivity index (χ2n) is 4.85. The van der Waals surface area contributed by atoms with E-state index in [1.54, 1.807) is 0 Å². The van der Waals surface area contributed by atoms with E-state index < -0.39 is 0 Å². The van der Waals surface area contributed by atoms with Crippen LogP contribution in [0.5, 0.6) is 0 Å². The minimum atomic E-state index is 0.662. The van der Waals surface area contributed by atoms with Crippen molar-refractivity contribution in [3.05, 3.63) is 0 Å². The highest BCUT2D eigenvalue weighted by atomic mass is 15.2. The summed E-state index contributed by atoms with van der Waals surface area (Å²) in [4.78, 5) is 2.66. The van der Waals surface area contributed by atoms with Crippen molar-refractivity contribution in [3.8, 4) is 0 Å². The van der Waals surface area contributed by atoms with E-state index in [1.807, 2.05) is 0 Å². The largest absolute Gasteiger partial charge is 0.311 e. The van der Waals surface area contributed by atoms with Crippen LogP contribution in [0.25, 0.3) is 0 Å². The zero-order valence-electron chi connectivity index (χ0n) is 10.2. The average molecular weight is 198 g/mol. The number of unbranched alkanes of at least 4 members (excludes halogenated alkanes) is 1. The lowest BCUT2D eigenvalue weighted by Gasteiger charge is -2.41. The number of nitrogens with one attached hydrogen (secondary N) is 1. The summed E-state index contributed by atoms with van der Waals surface area (Å²) in [6.07, 6.45) is 4.04. The third-order valence-electron chi connectivity index (χ3n) is 3.35. The fourth-order valence-corrected chi connectivity index (χ4v) is 2.33. The highest BCUT2D eigenvalue weighted by Crippen LogP contribution is 2.15. The summed E-state index contributed by atoms with van der Waals surface area (Å²) in [5.74, 6) is 0. The molecule has 14 heavy (non-hydrogen) atoms. The van der Waals surface area contributed by atoms with Crippen LogP contribution in [0.4, 0.5) is 0 Å². The predicted octanol–water partition coefficient (Wildman–Crippen LogP) is 2.25. The zero-order chi connectivity index (χ0) is 10.6. The Labute approximate surface area is 89.1 Å². The fraction of sp³-hybridized carbons (Fsp3) is 1.00. The Balaban J connectivity index is 2.38. The van der Waals surface area contributed by atoms with Crippen LogP contribution in [0.2, 0.25) is 0 Å². The van der Waals surface area contributed by atoms with Gasteiger partial charge in [-0.3, -0.25) is 4.90 Å². The van der Waals surface area contributed by atoms with Gasteiger partial charge in [0.1, 0.15) is 0 Å². The van der Waals surface area contributed by atoms with E-state index in [0.29, 0.717) is 12.1 Å². The molecule has 1 saturated heterocycles. The van der Waals surface area contributed by atoms with Crippen LogP contribution < -0.4 is 5.32 Å². The maximum Gasteiger partial charge on any atom is 0.0195 e. The average Bonchev–Trinajstić information content (AvgIpc) is 2.18. The molecule has 0 spiro atoms. The van der Waals surface area contributed by atoms with E-state index in [-0.39, 0.29) is 0 Å². The highest BCUT2D eigenvalue weighted by Gasteiger charge is 2.25. The molecule has 0 aliphatic carbocycles. The number of piperazine rings is 1. The van der Waals surface area contributed by atoms with Crippen molar-refractivity contribution in [2.45, 2.75) is 65.1 Å². The van der Waals surface area contributed by atoms with E-state index in [0.717, 1.165) is 12.6 Å². The van der Waals surface area contributed by atoms with E-state index in [1.165, 1.54) is 25.8 Å². The number of rotatable bonds is 4. The monoisotopic (exact) mass is 198 g/mol. The standard InChI is InChI=1S/C12H26N2/c1-5-6-7-11(3)14-9-10(2)13-8-12(14)4/h10-13H,5-9H2,1-4H3. The summed E-state index contributed by atoms with van der Waals surface area (Å²) in [6, 6.07) is 2.13. The van der Waals surface area contributed by atoms with Crippen LogP contribution in [-0.2, 0) is 0 Å². The maximum atomic E-state index is 3.53. The maximum absolute atomic E-state index is 3.53. The molecular formula is C12H26N2. The second-order valence-corrected chi connectivity index (χ2v) is 4.85. The first-order valence-corrected chi connectivity index (χ1v) is 6.14. The van der Waals surface area contributed by atoms with Crippen molar-refractivity contribution in [1.82, 2.24) is 10.2 Å². The van der Waals surface area contributed by atoms with Crippen molar-refractivity contribution < 1.29 is 0 Å². The first-order valence-electron chi connectivity index (χ1n) is 6.14. The molecule has 0 aromatic rings. The van der Waals surface area contributed by atoms with Gasteiger partial charge in [-0.05, 0) is 27.2 Å². The Morgan fingerprint density at radius 2 is 2.14 bits per heavy atom. The molecule has 1 fully saturated rings. The molecule has 0 saturated carbocycles. The first kappa shape index (κ1) is 12.0. The smallest absolute Gasteiger partial charge is 0.0195 e. The molecule has 2 nitrogen and oxygen atoms in total. The molecule has 1 heterocycles. The van der Waals surface area contributed by atoms with Crippen LogP contribution in [-0.4, -0.2) is 36.1 Å². The van der Waals surface area contributed by atoms with Gasteiger partial charge in [-0.2, -0.15) is 0 Å². The van der Waals surface area contributed by atoms with Crippen molar-refractivity contribution in [3.63, 3.8) is 0 Å². The minimum Gasteiger partial charge on any atom is -0.311 e. The van der Waals surface area contributed by atoms with Crippen LogP contribution in [0, 0.1) is 0 Å². The summed E-state index contributed by atoms with van der Waals surface area (Å²) in [6.45, 7) is 11.6. The van der Waals surface area contributed by atoms with E-state index in [4.69, 9.17) is 0 Å². The summed E-state index contributed by atoms with van der Waals surface area (Å²) >= 11 is 0. The fourth-order valence-electron chi connectivity index (χ4n) is 2.33. The lowest BCUT2D eigenvalue weighted by atomic mass is 10.0. The Bertz CT molecular complexity index is 158. The molecule has 0 bridgehead atoms. The molecule has 1 rings (SSSR count). The molecule has 0 aromatic carbocycles. The van der Waals surface area contributed by atoms with Crippen molar-refractivity contribution in [2.24, 2.45) is 0 Å². The lowest BCUT2D eigenvalue weighted by Crippen LogP contribution is -2.56. The van der Waals surface area contributed by atoms with E-state index >= 15 is 0 Å². The second kappa shape index (κ2) is 5.72. The quantitative estimate of drug-likeness (QED) is 0.745. The molecule has 0 radical (unpaired) electrons. The molecule has 1 aliphatic heterocycles. The third-order valence-corrected chi connectivity index (χ3v) is 3.35. The minimum absolute atomic E-state index is 0.662. The van der Waals surface area contributed by atoms with Crippen molar-refractivity contribution in [1.29, 1.82) is 0 Å². The van der Waals surface area contributed by atoms with Crippen LogP contribution in [0.15, 0.2) is 0 Å². The number of nitrogens with zero attached hydrogens (tertiary/aromatic N) is 1. The Morgan fingerprint density at radius 1 is 1.43 bits per heavy atom. The molecule has 0 aromatic heterocycles. The molecule has 1 aliphatic rings. The topological polar surface area (TPSA) is 15.3 Å². The zero-order valence-corrected chi connectivity index (χ0v) is 10.2. The lowest BCUT2D eigenvalue weighted by molar-refractivity contribution is 0.0975. The van der Waals surface area contributed by atoms with Gasteiger partial charge < -0.3 is 5.32 Å². The van der Waals surface area contributed by atoms with E-state index in [9.17, 15) is 0 Å². The van der Waals surface area contributed by atoms with Gasteiger partial charge in [0.05, 0.1) is 0 Å². The normalized spacial score (nSPS) is 31.7. The molecule has 2 heteroatoms. The SMILES string of the molecule is CCCCC(C)N1CC(C)NCC1C. The Morgan fingerprint density at radius 3 is 2.79 bits per heavy atom. The van der Waals surface area contributed by atoms with Gasteiger partial charge in [-0.25, -0.2) is 0 Å². The molecule has 84 valence electrons. The molecule has 0 amide bonds. The van der Waals surface area contributed by atoms with Gasteiger partial charge in [0.15, 0.2) is 0 Å². The first-order chi connectivity index (χ1) is 6.65. The van der Waals surface area contributed by atoms with Crippen molar-refractivity contribution >= 4 is 0 Å². The van der Waals surface area contributed by atoms with Crippen molar-refractivity contribution in [2.75, 3.05) is 13.1 Å². The van der Waals surface area contributed by atoms with Crippen LogP contribution in [0.3, 0.4) is 0 Å². The van der Waals surface area contributed by atoms with Gasteiger partial charge in [0.25, 0.3) is 0 Å². The highest BCUT2D eigenvalue weighted by molar-refractivity contribution is 4.84. The van der Waals surface area contributed by atoms with Gasteiger partial charge in [0, 0.05) is 31.2 Å². The van der Waals surface area contributed by atoms with Crippen LogP contribution in [0.1, 0.15) is 47.0 Å². The van der Waals surface area contributed by atoms with Gasteiger partial charge >= 0.3 is 0 Å². The number of hydrogen-bond acceptors (Lipinski definition) is 2. The number of hydrogen-bond donors (Lipinski definition) is 1. The Hall–Kier alpha value is -0.0800. The Kier molecular flexibility index (Phi) is 4.90. The predicted molar refractivity (Wildman–Crippen MR) is 62.6 cm³/mol. The van der Waals surface area contributed by atoms with Gasteiger partial charge in [-0.15, -0.1) is 0 Å². The molecule has 1 N–H and O–H groups in total. The summed E-state index contributed by atoms with van der Waals surface area (Å²) in [5.41, 5.74) is 0. The molecule has 3 atom stereocenters. The van der Waals surface area contributed by atoms with Gasteiger partial charge in [0.2, 0.25) is 0 Å². The summed E-state index contributed by atoms with van der Waals surface area (Å²) in [7, 11) is 0.